The largest absolute Gasteiger partial charge is 0.466 e. The number of aryl methyl sites for hydroxylation is 2. The number of hydrogen-bond acceptors (Lipinski definition) is 3. The van der Waals surface area contributed by atoms with Gasteiger partial charge in [-0.2, -0.15) is 0 Å². The van der Waals surface area contributed by atoms with Gasteiger partial charge in [-0.15, -0.1) is 0 Å². The standard InChI is InChI=1S/C18H25NO3/c1-3-22-18(21)16-8-5-11-19(13-16)17(20)10-9-15-7-4-6-14(2)12-15/h4,6-7,12,16H,3,5,8-11,13H2,1-2H3. The summed E-state index contributed by atoms with van der Waals surface area (Å²) < 4.78 is 5.07. The van der Waals surface area contributed by atoms with Gasteiger partial charge in [0.1, 0.15) is 0 Å². The van der Waals surface area contributed by atoms with Crippen LogP contribution in [0.2, 0.25) is 0 Å². The van der Waals surface area contributed by atoms with Crippen molar-refractivity contribution in [3.05, 3.63) is 35.4 Å². The molecular weight excluding hydrogens is 278 g/mol. The van der Waals surface area contributed by atoms with E-state index in [1.807, 2.05) is 17.9 Å². The fourth-order valence-electron chi connectivity index (χ4n) is 2.93. The van der Waals surface area contributed by atoms with Crippen LogP contribution >= 0.6 is 0 Å². The highest BCUT2D eigenvalue weighted by atomic mass is 16.5. The van der Waals surface area contributed by atoms with Gasteiger partial charge in [-0.3, -0.25) is 9.59 Å². The molecule has 0 radical (unpaired) electrons. The average molecular weight is 303 g/mol. The summed E-state index contributed by atoms with van der Waals surface area (Å²) in [6, 6.07) is 8.25. The van der Waals surface area contributed by atoms with Crippen LogP contribution < -0.4 is 0 Å². The lowest BCUT2D eigenvalue weighted by Gasteiger charge is -2.31. The van der Waals surface area contributed by atoms with Crippen LogP contribution in [0.25, 0.3) is 0 Å². The minimum absolute atomic E-state index is 0.135. The molecule has 2 rings (SSSR count). The minimum Gasteiger partial charge on any atom is -0.466 e. The summed E-state index contributed by atoms with van der Waals surface area (Å²) in [5, 5.41) is 0. The first-order valence-corrected chi connectivity index (χ1v) is 8.10. The summed E-state index contributed by atoms with van der Waals surface area (Å²) in [4.78, 5) is 26.0. The fraction of sp³-hybridized carbons (Fsp3) is 0.556. The van der Waals surface area contributed by atoms with E-state index in [9.17, 15) is 9.59 Å². The van der Waals surface area contributed by atoms with Gasteiger partial charge in [0.15, 0.2) is 0 Å². The molecule has 120 valence electrons. The molecule has 1 unspecified atom stereocenters. The van der Waals surface area contributed by atoms with Crippen molar-refractivity contribution >= 4 is 11.9 Å². The Morgan fingerprint density at radius 2 is 2.18 bits per heavy atom. The number of amides is 1. The summed E-state index contributed by atoms with van der Waals surface area (Å²) in [6.07, 6.45) is 2.94. The number of likely N-dealkylation sites (tertiary alicyclic amines) is 1. The number of esters is 1. The van der Waals surface area contributed by atoms with Crippen LogP contribution in [0.15, 0.2) is 24.3 Å². The quantitative estimate of drug-likeness (QED) is 0.786. The second kappa shape index (κ2) is 7.97. The average Bonchev–Trinajstić information content (AvgIpc) is 2.53. The lowest BCUT2D eigenvalue weighted by atomic mass is 9.97. The molecule has 0 aliphatic carbocycles. The van der Waals surface area contributed by atoms with Crippen molar-refractivity contribution in [1.29, 1.82) is 0 Å². The molecule has 4 nitrogen and oxygen atoms in total. The fourth-order valence-corrected chi connectivity index (χ4v) is 2.93. The summed E-state index contributed by atoms with van der Waals surface area (Å²) in [7, 11) is 0. The summed E-state index contributed by atoms with van der Waals surface area (Å²) >= 11 is 0. The van der Waals surface area contributed by atoms with E-state index >= 15 is 0 Å². The Balaban J connectivity index is 1.85. The highest BCUT2D eigenvalue weighted by Crippen LogP contribution is 2.19. The second-order valence-corrected chi connectivity index (χ2v) is 5.92. The molecule has 1 aromatic rings. The molecule has 0 aromatic heterocycles. The Morgan fingerprint density at radius 3 is 2.91 bits per heavy atom. The second-order valence-electron chi connectivity index (χ2n) is 5.92. The maximum absolute atomic E-state index is 12.4. The van der Waals surface area contributed by atoms with Crippen molar-refractivity contribution in [3.63, 3.8) is 0 Å². The number of ether oxygens (including phenoxy) is 1. The van der Waals surface area contributed by atoms with Crippen LogP contribution in [0, 0.1) is 12.8 Å². The molecule has 1 fully saturated rings. The predicted molar refractivity (Wildman–Crippen MR) is 85.4 cm³/mol. The SMILES string of the molecule is CCOC(=O)C1CCCN(C(=O)CCc2cccc(C)c2)C1. The smallest absolute Gasteiger partial charge is 0.310 e. The predicted octanol–water partition coefficient (Wildman–Crippen LogP) is 2.73. The van der Waals surface area contributed by atoms with Crippen molar-refractivity contribution in [2.24, 2.45) is 5.92 Å². The van der Waals surface area contributed by atoms with Crippen LogP contribution in [0.5, 0.6) is 0 Å². The number of benzene rings is 1. The van der Waals surface area contributed by atoms with E-state index in [1.165, 1.54) is 11.1 Å². The highest BCUT2D eigenvalue weighted by Gasteiger charge is 2.28. The summed E-state index contributed by atoms with van der Waals surface area (Å²) in [5.41, 5.74) is 2.40. The van der Waals surface area contributed by atoms with Gasteiger partial charge < -0.3 is 9.64 Å². The molecule has 1 heterocycles. The van der Waals surface area contributed by atoms with E-state index < -0.39 is 0 Å². The van der Waals surface area contributed by atoms with Gasteiger partial charge in [-0.05, 0) is 38.7 Å². The Kier molecular flexibility index (Phi) is 5.99. The molecule has 0 spiro atoms. The third-order valence-electron chi connectivity index (χ3n) is 4.10. The molecule has 1 atom stereocenters. The van der Waals surface area contributed by atoms with Gasteiger partial charge in [0.2, 0.25) is 5.91 Å². The van der Waals surface area contributed by atoms with Gasteiger partial charge in [0, 0.05) is 19.5 Å². The third kappa shape index (κ3) is 4.58. The molecule has 1 aliphatic heterocycles. The van der Waals surface area contributed by atoms with Crippen molar-refractivity contribution in [2.75, 3.05) is 19.7 Å². The number of rotatable bonds is 5. The Labute approximate surface area is 132 Å². The molecule has 0 N–H and O–H groups in total. The van der Waals surface area contributed by atoms with E-state index in [2.05, 4.69) is 25.1 Å². The third-order valence-corrected chi connectivity index (χ3v) is 4.10. The number of nitrogens with zero attached hydrogens (tertiary/aromatic N) is 1. The number of carbonyl (C=O) groups excluding carboxylic acids is 2. The van der Waals surface area contributed by atoms with Crippen LogP contribution in [0.1, 0.15) is 37.3 Å². The molecule has 1 aliphatic rings. The zero-order valence-corrected chi connectivity index (χ0v) is 13.5. The van der Waals surface area contributed by atoms with E-state index in [4.69, 9.17) is 4.74 Å². The molecule has 1 amide bonds. The first kappa shape index (κ1) is 16.5. The summed E-state index contributed by atoms with van der Waals surface area (Å²) in [6.45, 7) is 5.52. The van der Waals surface area contributed by atoms with Crippen LogP contribution in [-0.2, 0) is 20.7 Å². The molecule has 0 bridgehead atoms. The maximum atomic E-state index is 12.4. The van der Waals surface area contributed by atoms with Crippen molar-refractivity contribution in [1.82, 2.24) is 4.90 Å². The van der Waals surface area contributed by atoms with Crippen LogP contribution in [0.3, 0.4) is 0 Å². The van der Waals surface area contributed by atoms with Crippen LogP contribution in [0.4, 0.5) is 0 Å². The van der Waals surface area contributed by atoms with Gasteiger partial charge in [0.05, 0.1) is 12.5 Å². The van der Waals surface area contributed by atoms with E-state index in [-0.39, 0.29) is 17.8 Å². The molecule has 1 saturated heterocycles. The highest BCUT2D eigenvalue weighted by molar-refractivity contribution is 5.78. The van der Waals surface area contributed by atoms with Gasteiger partial charge >= 0.3 is 5.97 Å². The van der Waals surface area contributed by atoms with Crippen molar-refractivity contribution in [2.45, 2.75) is 39.5 Å². The van der Waals surface area contributed by atoms with E-state index in [0.29, 0.717) is 19.6 Å². The Bertz CT molecular complexity index is 527. The Morgan fingerprint density at radius 1 is 1.36 bits per heavy atom. The molecule has 0 saturated carbocycles. The molecule has 22 heavy (non-hydrogen) atoms. The number of hydrogen-bond donors (Lipinski definition) is 0. The van der Waals surface area contributed by atoms with Crippen molar-refractivity contribution in [3.8, 4) is 0 Å². The molecule has 1 aromatic carbocycles. The maximum Gasteiger partial charge on any atom is 0.310 e. The summed E-state index contributed by atoms with van der Waals surface area (Å²) in [5.74, 6) is -0.189. The first-order chi connectivity index (χ1) is 10.6. The van der Waals surface area contributed by atoms with Crippen molar-refractivity contribution < 1.29 is 14.3 Å². The monoisotopic (exact) mass is 303 g/mol. The Hall–Kier alpha value is -1.84. The zero-order chi connectivity index (χ0) is 15.9. The normalized spacial score (nSPS) is 18.1. The van der Waals surface area contributed by atoms with Gasteiger partial charge in [-0.25, -0.2) is 0 Å². The molecule has 4 heteroatoms. The van der Waals surface area contributed by atoms with Gasteiger partial charge in [0.25, 0.3) is 0 Å². The number of piperidine rings is 1. The topological polar surface area (TPSA) is 46.6 Å². The van der Waals surface area contributed by atoms with E-state index in [0.717, 1.165) is 25.8 Å². The number of carbonyl (C=O) groups is 2. The first-order valence-electron chi connectivity index (χ1n) is 8.10. The lowest BCUT2D eigenvalue weighted by Crippen LogP contribution is -2.42. The molecular formula is C18H25NO3. The minimum atomic E-state index is -0.168. The lowest BCUT2D eigenvalue weighted by molar-refractivity contribution is -0.151. The van der Waals surface area contributed by atoms with Gasteiger partial charge in [-0.1, -0.05) is 29.8 Å². The van der Waals surface area contributed by atoms with Crippen LogP contribution in [-0.4, -0.2) is 36.5 Å². The van der Waals surface area contributed by atoms with E-state index in [1.54, 1.807) is 0 Å². The zero-order valence-electron chi connectivity index (χ0n) is 13.5.